The molecule has 2 N–H and O–H groups in total. The lowest BCUT2D eigenvalue weighted by molar-refractivity contribution is 0.159. The van der Waals surface area contributed by atoms with Crippen molar-refractivity contribution in [3.8, 4) is 0 Å². The summed E-state index contributed by atoms with van der Waals surface area (Å²) < 4.78 is 7.35. The monoisotopic (exact) mass is 348 g/mol. The minimum absolute atomic E-state index is 0.0322. The Bertz CT molecular complexity index is 607. The summed E-state index contributed by atoms with van der Waals surface area (Å²) >= 11 is 0. The number of fused-ring (bicyclic) bond motifs is 1. The molecule has 2 fully saturated rings. The molecule has 0 bridgehead atoms. The standard InChI is InChI=1S/C18H28N4O3/c23-8-7-22-17-3-1-2-16(15(17)10-19-22)20-18(24)21(14-4-5-14)11-13-6-9-25-12-13/h10,13-14,16,23H,1-9,11-12H2,(H,20,24)/t13-,16-/m0/s1. The first kappa shape index (κ1) is 16.8. The van der Waals surface area contributed by atoms with Crippen molar-refractivity contribution in [3.63, 3.8) is 0 Å². The molecule has 1 saturated heterocycles. The molecule has 0 unspecified atom stereocenters. The number of carbonyl (C=O) groups is 1. The predicted octanol–water partition coefficient (Wildman–Crippen LogP) is 1.46. The van der Waals surface area contributed by atoms with Gasteiger partial charge >= 0.3 is 6.03 Å². The number of hydrogen-bond donors (Lipinski definition) is 2. The first-order valence-corrected chi connectivity index (χ1v) is 9.56. The van der Waals surface area contributed by atoms with Gasteiger partial charge in [-0.15, -0.1) is 0 Å². The van der Waals surface area contributed by atoms with Crippen LogP contribution in [0.4, 0.5) is 4.79 Å². The van der Waals surface area contributed by atoms with Gasteiger partial charge in [0.1, 0.15) is 0 Å². The summed E-state index contributed by atoms with van der Waals surface area (Å²) in [5.41, 5.74) is 2.28. The molecule has 7 heteroatoms. The third-order valence-electron chi connectivity index (χ3n) is 5.60. The van der Waals surface area contributed by atoms with Gasteiger partial charge in [-0.3, -0.25) is 4.68 Å². The van der Waals surface area contributed by atoms with E-state index in [-0.39, 0.29) is 18.7 Å². The van der Waals surface area contributed by atoms with E-state index in [4.69, 9.17) is 4.74 Å². The maximum atomic E-state index is 12.9. The van der Waals surface area contributed by atoms with Crippen LogP contribution in [0.25, 0.3) is 0 Å². The second-order valence-corrected chi connectivity index (χ2v) is 7.50. The van der Waals surface area contributed by atoms with Gasteiger partial charge in [0.05, 0.1) is 32.0 Å². The summed E-state index contributed by atoms with van der Waals surface area (Å²) in [7, 11) is 0. The fourth-order valence-electron chi connectivity index (χ4n) is 4.08. The topological polar surface area (TPSA) is 79.6 Å². The number of hydrogen-bond acceptors (Lipinski definition) is 4. The second kappa shape index (κ2) is 7.33. The Balaban J connectivity index is 1.43. The van der Waals surface area contributed by atoms with Gasteiger partial charge < -0.3 is 20.1 Å². The lowest BCUT2D eigenvalue weighted by Crippen LogP contribution is -2.45. The van der Waals surface area contributed by atoms with E-state index in [0.29, 0.717) is 18.5 Å². The molecule has 4 rings (SSSR count). The van der Waals surface area contributed by atoms with Crippen LogP contribution in [-0.2, 0) is 17.7 Å². The maximum Gasteiger partial charge on any atom is 0.318 e. The van der Waals surface area contributed by atoms with Crippen molar-refractivity contribution in [3.05, 3.63) is 17.5 Å². The first-order chi connectivity index (χ1) is 12.3. The van der Waals surface area contributed by atoms with Crippen molar-refractivity contribution in [1.29, 1.82) is 0 Å². The number of aromatic nitrogens is 2. The number of carbonyl (C=O) groups excluding carboxylic acids is 1. The Hall–Kier alpha value is -1.60. The predicted molar refractivity (Wildman–Crippen MR) is 92.2 cm³/mol. The Kier molecular flexibility index (Phi) is 4.94. The number of rotatable bonds is 6. The van der Waals surface area contributed by atoms with Gasteiger partial charge in [0, 0.05) is 36.4 Å². The SMILES string of the molecule is O=C(N[C@H]1CCCc2c1cnn2CCO)N(C[C@@H]1CCOC1)C1CC1. The van der Waals surface area contributed by atoms with E-state index in [0.717, 1.165) is 69.5 Å². The molecular weight excluding hydrogens is 320 g/mol. The number of nitrogens with one attached hydrogen (secondary N) is 1. The molecule has 1 aromatic rings. The summed E-state index contributed by atoms with van der Waals surface area (Å²) in [5, 5.41) is 16.8. The van der Waals surface area contributed by atoms with Gasteiger partial charge in [0.15, 0.2) is 0 Å². The van der Waals surface area contributed by atoms with E-state index in [9.17, 15) is 9.90 Å². The Morgan fingerprint density at radius 2 is 2.28 bits per heavy atom. The third kappa shape index (κ3) is 3.67. The Morgan fingerprint density at radius 1 is 1.40 bits per heavy atom. The summed E-state index contributed by atoms with van der Waals surface area (Å²) in [6, 6.07) is 0.493. The van der Waals surface area contributed by atoms with Crippen molar-refractivity contribution < 1.29 is 14.6 Å². The van der Waals surface area contributed by atoms with Gasteiger partial charge in [-0.2, -0.15) is 5.10 Å². The Morgan fingerprint density at radius 3 is 3.00 bits per heavy atom. The van der Waals surface area contributed by atoms with Crippen LogP contribution in [0, 0.1) is 5.92 Å². The van der Waals surface area contributed by atoms with Crippen LogP contribution in [0.1, 0.15) is 49.4 Å². The fraction of sp³-hybridized carbons (Fsp3) is 0.778. The first-order valence-electron chi connectivity index (χ1n) is 9.56. The molecule has 138 valence electrons. The van der Waals surface area contributed by atoms with E-state index >= 15 is 0 Å². The van der Waals surface area contributed by atoms with Gasteiger partial charge in [-0.25, -0.2) is 4.79 Å². The molecule has 2 aliphatic carbocycles. The molecule has 1 saturated carbocycles. The largest absolute Gasteiger partial charge is 0.394 e. The van der Waals surface area contributed by atoms with Crippen molar-refractivity contribution in [2.24, 2.45) is 5.92 Å². The average Bonchev–Trinajstić information content (AvgIpc) is 3.15. The highest BCUT2D eigenvalue weighted by Crippen LogP contribution is 2.32. The number of aliphatic hydroxyl groups is 1. The normalized spacial score (nSPS) is 25.6. The lowest BCUT2D eigenvalue weighted by Gasteiger charge is -2.30. The van der Waals surface area contributed by atoms with E-state index in [2.05, 4.69) is 10.4 Å². The second-order valence-electron chi connectivity index (χ2n) is 7.50. The zero-order chi connectivity index (χ0) is 17.2. The maximum absolute atomic E-state index is 12.9. The minimum atomic E-state index is 0.0322. The quantitative estimate of drug-likeness (QED) is 0.816. The molecule has 1 aromatic heterocycles. The van der Waals surface area contributed by atoms with Crippen LogP contribution in [0.3, 0.4) is 0 Å². The highest BCUT2D eigenvalue weighted by Gasteiger charge is 2.36. The zero-order valence-electron chi connectivity index (χ0n) is 14.7. The molecule has 0 radical (unpaired) electrons. The van der Waals surface area contributed by atoms with Crippen LogP contribution in [0.2, 0.25) is 0 Å². The number of nitrogens with zero attached hydrogens (tertiary/aromatic N) is 3. The highest BCUT2D eigenvalue weighted by atomic mass is 16.5. The van der Waals surface area contributed by atoms with Gasteiger partial charge in [0.2, 0.25) is 0 Å². The van der Waals surface area contributed by atoms with E-state index < -0.39 is 0 Å². The van der Waals surface area contributed by atoms with Crippen LogP contribution in [0.5, 0.6) is 0 Å². The van der Waals surface area contributed by atoms with Crippen molar-refractivity contribution >= 4 is 6.03 Å². The number of aliphatic hydroxyl groups excluding tert-OH is 1. The third-order valence-corrected chi connectivity index (χ3v) is 5.60. The molecule has 7 nitrogen and oxygen atoms in total. The molecule has 0 aromatic carbocycles. The van der Waals surface area contributed by atoms with Gasteiger partial charge in [-0.05, 0) is 38.5 Å². The average molecular weight is 348 g/mol. The summed E-state index contributed by atoms with van der Waals surface area (Å²) in [4.78, 5) is 15.0. The molecule has 1 aliphatic heterocycles. The highest BCUT2D eigenvalue weighted by molar-refractivity contribution is 5.75. The van der Waals surface area contributed by atoms with Crippen molar-refractivity contribution in [2.75, 3.05) is 26.4 Å². The van der Waals surface area contributed by atoms with E-state index in [1.165, 1.54) is 0 Å². The molecule has 25 heavy (non-hydrogen) atoms. The fourth-order valence-corrected chi connectivity index (χ4v) is 4.08. The van der Waals surface area contributed by atoms with Crippen LogP contribution in [-0.4, -0.2) is 58.2 Å². The number of ether oxygens (including phenoxy) is 1. The summed E-state index contributed by atoms with van der Waals surface area (Å²) in [5.74, 6) is 0.473. The lowest BCUT2D eigenvalue weighted by atomic mass is 9.93. The summed E-state index contributed by atoms with van der Waals surface area (Å²) in [6.45, 7) is 3.01. The van der Waals surface area contributed by atoms with Crippen LogP contribution < -0.4 is 5.32 Å². The molecule has 2 heterocycles. The van der Waals surface area contributed by atoms with Crippen molar-refractivity contribution in [1.82, 2.24) is 20.0 Å². The molecule has 3 aliphatic rings. The van der Waals surface area contributed by atoms with E-state index in [1.54, 1.807) is 0 Å². The molecule has 2 atom stereocenters. The minimum Gasteiger partial charge on any atom is -0.394 e. The smallest absolute Gasteiger partial charge is 0.318 e. The summed E-state index contributed by atoms with van der Waals surface area (Å²) in [6.07, 6.45) is 8.10. The molecule has 2 amide bonds. The van der Waals surface area contributed by atoms with Gasteiger partial charge in [-0.1, -0.05) is 0 Å². The van der Waals surface area contributed by atoms with Gasteiger partial charge in [0.25, 0.3) is 0 Å². The molecule has 0 spiro atoms. The van der Waals surface area contributed by atoms with Crippen LogP contribution in [0.15, 0.2) is 6.20 Å². The number of urea groups is 1. The van der Waals surface area contributed by atoms with Crippen molar-refractivity contribution in [2.45, 2.75) is 57.2 Å². The van der Waals surface area contributed by atoms with Crippen LogP contribution >= 0.6 is 0 Å². The molecular formula is C18H28N4O3. The zero-order valence-corrected chi connectivity index (χ0v) is 14.7. The number of amides is 2. The Labute approximate surface area is 148 Å². The van der Waals surface area contributed by atoms with E-state index in [1.807, 2.05) is 15.8 Å².